The summed E-state index contributed by atoms with van der Waals surface area (Å²) in [7, 11) is 0. The molecule has 0 amide bonds. The average molecular weight is 370 g/mol. The molecule has 0 radical (unpaired) electrons. The molecule has 142 valence electrons. The van der Waals surface area contributed by atoms with Crippen LogP contribution in [-0.2, 0) is 23.1 Å². The minimum absolute atomic E-state index is 0.150. The van der Waals surface area contributed by atoms with Gasteiger partial charge >= 0.3 is 0 Å². The average Bonchev–Trinajstić information content (AvgIpc) is 3.19. The van der Waals surface area contributed by atoms with Gasteiger partial charge in [-0.25, -0.2) is 4.98 Å². The van der Waals surface area contributed by atoms with E-state index in [4.69, 9.17) is 0 Å². The number of aromatic nitrogens is 2. The molecular weight excluding hydrogens is 344 g/mol. The predicted octanol–water partition coefficient (Wildman–Crippen LogP) is 4.85. The second kappa shape index (κ2) is 8.71. The lowest BCUT2D eigenvalue weighted by atomic mass is 9.87. The molecule has 0 fully saturated rings. The molecule has 3 rings (SSSR count). The summed E-state index contributed by atoms with van der Waals surface area (Å²) < 4.78 is 0. The molecule has 0 saturated heterocycles. The van der Waals surface area contributed by atoms with E-state index in [-0.39, 0.29) is 11.2 Å². The van der Waals surface area contributed by atoms with E-state index in [0.717, 1.165) is 22.4 Å². The van der Waals surface area contributed by atoms with Crippen LogP contribution in [0.1, 0.15) is 55.1 Å². The van der Waals surface area contributed by atoms with Gasteiger partial charge in [-0.05, 0) is 47.2 Å². The molecule has 0 saturated carbocycles. The first-order valence-electron chi connectivity index (χ1n) is 9.60. The van der Waals surface area contributed by atoms with Crippen molar-refractivity contribution in [2.75, 3.05) is 0 Å². The summed E-state index contributed by atoms with van der Waals surface area (Å²) in [5.74, 6) is 6.64. The van der Waals surface area contributed by atoms with Gasteiger partial charge in [0.05, 0.1) is 6.33 Å². The molecule has 2 aromatic carbocycles. The van der Waals surface area contributed by atoms with E-state index in [9.17, 15) is 4.79 Å². The molecule has 0 atom stereocenters. The maximum Gasteiger partial charge on any atom is 0.137 e. The van der Waals surface area contributed by atoms with Crippen molar-refractivity contribution in [1.29, 1.82) is 0 Å². The van der Waals surface area contributed by atoms with Gasteiger partial charge < -0.3 is 4.98 Å². The Labute approximate surface area is 167 Å². The summed E-state index contributed by atoms with van der Waals surface area (Å²) in [6, 6.07) is 16.4. The number of Topliss-reactive ketones (excluding diaryl/α,β-unsaturated/α-hetero) is 1. The minimum Gasteiger partial charge on any atom is -0.348 e. The van der Waals surface area contributed by atoms with E-state index < -0.39 is 0 Å². The van der Waals surface area contributed by atoms with Crippen molar-refractivity contribution in [2.24, 2.45) is 0 Å². The fourth-order valence-electron chi connectivity index (χ4n) is 2.92. The highest BCUT2D eigenvalue weighted by atomic mass is 16.1. The van der Waals surface area contributed by atoms with Crippen molar-refractivity contribution in [2.45, 2.75) is 45.4 Å². The summed E-state index contributed by atoms with van der Waals surface area (Å²) in [5, 5.41) is 0. The fraction of sp³-hybridized carbons (Fsp3) is 0.280. The number of rotatable bonds is 5. The highest BCUT2D eigenvalue weighted by molar-refractivity contribution is 5.81. The third-order valence-corrected chi connectivity index (χ3v) is 4.69. The molecule has 1 heterocycles. The Bertz CT molecular complexity index is 964. The number of ketones is 1. The molecule has 3 aromatic rings. The number of imidazole rings is 1. The first kappa shape index (κ1) is 19.6. The molecule has 0 aliphatic rings. The quantitative estimate of drug-likeness (QED) is 0.653. The Balaban J connectivity index is 1.56. The van der Waals surface area contributed by atoms with Crippen LogP contribution in [0.5, 0.6) is 0 Å². The van der Waals surface area contributed by atoms with Crippen LogP contribution in [0.2, 0.25) is 0 Å². The van der Waals surface area contributed by atoms with Crippen molar-refractivity contribution in [3.8, 4) is 11.8 Å². The van der Waals surface area contributed by atoms with Crippen LogP contribution in [0.15, 0.2) is 61.1 Å². The van der Waals surface area contributed by atoms with Crippen molar-refractivity contribution in [3.63, 3.8) is 0 Å². The third kappa shape index (κ3) is 5.69. The number of hydrogen-bond acceptors (Lipinski definition) is 2. The molecule has 1 aromatic heterocycles. The Morgan fingerprint density at radius 1 is 0.964 bits per heavy atom. The second-order valence-corrected chi connectivity index (χ2v) is 8.07. The van der Waals surface area contributed by atoms with E-state index in [1.807, 2.05) is 24.3 Å². The van der Waals surface area contributed by atoms with Crippen LogP contribution in [0, 0.1) is 11.8 Å². The number of aromatic amines is 1. The van der Waals surface area contributed by atoms with Crippen LogP contribution in [0.4, 0.5) is 0 Å². The Kier molecular flexibility index (Phi) is 6.11. The Hall–Kier alpha value is -3.12. The SMILES string of the molecule is CC(C)(C)c1ccc(C#Cc2ccc(CC(=O)CCc3cnc[nH]3)cc2)cc1. The van der Waals surface area contributed by atoms with Gasteiger partial charge in [-0.3, -0.25) is 4.79 Å². The van der Waals surface area contributed by atoms with Crippen molar-refractivity contribution in [1.82, 2.24) is 9.97 Å². The predicted molar refractivity (Wildman–Crippen MR) is 113 cm³/mol. The number of hydrogen-bond donors (Lipinski definition) is 1. The first-order valence-corrected chi connectivity index (χ1v) is 9.60. The number of benzene rings is 2. The highest BCUT2D eigenvalue weighted by Crippen LogP contribution is 2.22. The molecule has 0 aliphatic carbocycles. The summed E-state index contributed by atoms with van der Waals surface area (Å²) in [6.45, 7) is 6.62. The van der Waals surface area contributed by atoms with E-state index in [1.54, 1.807) is 12.5 Å². The number of nitrogens with zero attached hydrogens (tertiary/aromatic N) is 1. The zero-order valence-corrected chi connectivity index (χ0v) is 16.8. The first-order chi connectivity index (χ1) is 13.4. The van der Waals surface area contributed by atoms with Crippen LogP contribution in [0.3, 0.4) is 0 Å². The Morgan fingerprint density at radius 3 is 2.11 bits per heavy atom. The van der Waals surface area contributed by atoms with E-state index in [1.165, 1.54) is 5.56 Å². The molecule has 0 spiro atoms. The van der Waals surface area contributed by atoms with Gasteiger partial charge in [-0.2, -0.15) is 0 Å². The lowest BCUT2D eigenvalue weighted by molar-refractivity contribution is -0.118. The second-order valence-electron chi connectivity index (χ2n) is 8.07. The van der Waals surface area contributed by atoms with Crippen LogP contribution >= 0.6 is 0 Å². The Morgan fingerprint density at radius 2 is 1.57 bits per heavy atom. The van der Waals surface area contributed by atoms with Gasteiger partial charge in [0.1, 0.15) is 5.78 Å². The molecule has 0 unspecified atom stereocenters. The minimum atomic E-state index is 0.150. The molecule has 28 heavy (non-hydrogen) atoms. The standard InChI is InChI=1S/C25H26N2O/c1-25(2,3)22-12-10-20(11-13-22)5-4-19-6-8-21(9-7-19)16-24(28)15-14-23-17-26-18-27-23/h6-13,17-18H,14-16H2,1-3H3,(H,26,27). The number of carbonyl (C=O) groups excluding carboxylic acids is 1. The number of nitrogens with one attached hydrogen (secondary N) is 1. The van der Waals surface area contributed by atoms with Gasteiger partial charge in [-0.1, -0.05) is 56.9 Å². The molecule has 3 nitrogen and oxygen atoms in total. The van der Waals surface area contributed by atoms with Gasteiger partial charge in [0.2, 0.25) is 0 Å². The van der Waals surface area contributed by atoms with E-state index >= 15 is 0 Å². The number of carbonyl (C=O) groups is 1. The van der Waals surface area contributed by atoms with Crippen molar-refractivity contribution < 1.29 is 4.79 Å². The lowest BCUT2D eigenvalue weighted by Gasteiger charge is -2.18. The van der Waals surface area contributed by atoms with Gasteiger partial charge in [0.15, 0.2) is 0 Å². The molecular formula is C25H26N2O. The van der Waals surface area contributed by atoms with E-state index in [0.29, 0.717) is 19.3 Å². The van der Waals surface area contributed by atoms with Crippen LogP contribution < -0.4 is 0 Å². The summed E-state index contributed by atoms with van der Waals surface area (Å²) in [5.41, 5.74) is 5.43. The zero-order chi connectivity index (χ0) is 20.0. The third-order valence-electron chi connectivity index (χ3n) is 4.69. The van der Waals surface area contributed by atoms with Crippen LogP contribution in [0.25, 0.3) is 0 Å². The van der Waals surface area contributed by atoms with E-state index in [2.05, 4.69) is 66.8 Å². The topological polar surface area (TPSA) is 45.8 Å². The molecule has 0 aliphatic heterocycles. The number of H-pyrrole nitrogens is 1. The van der Waals surface area contributed by atoms with Gasteiger partial charge in [0.25, 0.3) is 0 Å². The summed E-state index contributed by atoms with van der Waals surface area (Å²) in [4.78, 5) is 19.1. The highest BCUT2D eigenvalue weighted by Gasteiger charge is 2.12. The normalized spacial score (nSPS) is 11.0. The summed E-state index contributed by atoms with van der Waals surface area (Å²) >= 11 is 0. The molecule has 0 bridgehead atoms. The maximum atomic E-state index is 12.1. The fourth-order valence-corrected chi connectivity index (χ4v) is 2.92. The number of aryl methyl sites for hydroxylation is 1. The largest absolute Gasteiger partial charge is 0.348 e. The van der Waals surface area contributed by atoms with Crippen molar-refractivity contribution in [3.05, 3.63) is 89.0 Å². The molecule has 3 heteroatoms. The van der Waals surface area contributed by atoms with Crippen molar-refractivity contribution >= 4 is 5.78 Å². The smallest absolute Gasteiger partial charge is 0.137 e. The zero-order valence-electron chi connectivity index (χ0n) is 16.8. The summed E-state index contributed by atoms with van der Waals surface area (Å²) in [6.07, 6.45) is 5.08. The van der Waals surface area contributed by atoms with Crippen LogP contribution in [-0.4, -0.2) is 15.8 Å². The lowest BCUT2D eigenvalue weighted by Crippen LogP contribution is -2.10. The molecule has 1 N–H and O–H groups in total. The van der Waals surface area contributed by atoms with Gasteiger partial charge in [0, 0.05) is 35.9 Å². The van der Waals surface area contributed by atoms with Gasteiger partial charge in [-0.15, -0.1) is 0 Å². The monoisotopic (exact) mass is 370 g/mol. The maximum absolute atomic E-state index is 12.1.